The molecule has 0 radical (unpaired) electrons. The zero-order valence-corrected chi connectivity index (χ0v) is 25.4. The van der Waals surface area contributed by atoms with Crippen molar-refractivity contribution in [3.63, 3.8) is 0 Å². The standard InChI is InChI=1S/C36H35FN4O5/c1-2-23-17-25(29(20-42)24-12-14-40(15-13-24)31-9-6-22(18-38)16-30(31)37)7-8-26(23)21-46-33-5-3-4-27-28(33)19-41(36(27)45)32-10-11-34(43)39-35(32)44/h2-9,16-17,24,29,32,42H,1,10-15,19-21H2,(H,39,43,44)/t29?,32-/m0/s1. The van der Waals surface area contributed by atoms with Gasteiger partial charge in [-0.15, -0.1) is 0 Å². The molecule has 0 saturated carbocycles. The lowest BCUT2D eigenvalue weighted by Crippen LogP contribution is -2.52. The smallest absolute Gasteiger partial charge is 0.255 e. The molecular formula is C36H35FN4O5. The first-order chi connectivity index (χ1) is 22.3. The van der Waals surface area contributed by atoms with E-state index < -0.39 is 17.8 Å². The Labute approximate surface area is 266 Å². The van der Waals surface area contributed by atoms with Gasteiger partial charge >= 0.3 is 0 Å². The number of carbonyl (C=O) groups is 3. The molecule has 0 aromatic heterocycles. The maximum atomic E-state index is 14.6. The van der Waals surface area contributed by atoms with Crippen molar-refractivity contribution < 1.29 is 28.6 Å². The number of hydrogen-bond acceptors (Lipinski definition) is 7. The van der Waals surface area contributed by atoms with Crippen LogP contribution in [0.2, 0.25) is 0 Å². The van der Waals surface area contributed by atoms with Crippen molar-refractivity contribution in [2.75, 3.05) is 24.6 Å². The number of anilines is 1. The van der Waals surface area contributed by atoms with E-state index in [0.29, 0.717) is 47.6 Å². The van der Waals surface area contributed by atoms with E-state index in [-0.39, 0.29) is 49.8 Å². The fraction of sp³-hybridized carbons (Fsp3) is 0.333. The molecule has 3 aromatic carbocycles. The highest BCUT2D eigenvalue weighted by atomic mass is 19.1. The third kappa shape index (κ3) is 5.98. The van der Waals surface area contributed by atoms with Crippen molar-refractivity contribution in [1.29, 1.82) is 5.26 Å². The van der Waals surface area contributed by atoms with E-state index in [9.17, 15) is 23.9 Å². The summed E-state index contributed by atoms with van der Waals surface area (Å²) >= 11 is 0. The summed E-state index contributed by atoms with van der Waals surface area (Å²) < 4.78 is 20.9. The molecular weight excluding hydrogens is 587 g/mol. The number of nitrogens with one attached hydrogen (secondary N) is 1. The van der Waals surface area contributed by atoms with Crippen LogP contribution < -0.4 is 15.0 Å². The van der Waals surface area contributed by atoms with E-state index in [0.717, 1.165) is 29.5 Å². The highest BCUT2D eigenvalue weighted by Gasteiger charge is 2.40. The van der Waals surface area contributed by atoms with Crippen LogP contribution in [0.3, 0.4) is 0 Å². The SMILES string of the molecule is C=Cc1cc(C(CO)C2CCN(c3ccc(C#N)cc3F)CC2)ccc1COc1cccc2c1CN([C@H]1CCC(=O)NC1=O)C2=O. The highest BCUT2D eigenvalue weighted by Crippen LogP contribution is 2.37. The van der Waals surface area contributed by atoms with E-state index >= 15 is 0 Å². The summed E-state index contributed by atoms with van der Waals surface area (Å²) in [4.78, 5) is 40.7. The first-order valence-electron chi connectivity index (χ1n) is 15.5. The Kier molecular flexibility index (Phi) is 8.86. The van der Waals surface area contributed by atoms with Gasteiger partial charge in [0.2, 0.25) is 11.8 Å². The van der Waals surface area contributed by atoms with Gasteiger partial charge in [0.15, 0.2) is 0 Å². The van der Waals surface area contributed by atoms with Crippen LogP contribution in [0.15, 0.2) is 61.2 Å². The number of halogens is 1. The van der Waals surface area contributed by atoms with Crippen LogP contribution in [-0.2, 0) is 22.7 Å². The molecule has 6 rings (SSSR count). The topological polar surface area (TPSA) is 123 Å². The number of aliphatic hydroxyl groups excluding tert-OH is 1. The fourth-order valence-electron chi connectivity index (χ4n) is 6.92. The molecule has 0 spiro atoms. The predicted molar refractivity (Wildman–Crippen MR) is 169 cm³/mol. The Morgan fingerprint density at radius 2 is 1.91 bits per heavy atom. The number of aliphatic hydroxyl groups is 1. The molecule has 2 saturated heterocycles. The molecule has 236 valence electrons. The summed E-state index contributed by atoms with van der Waals surface area (Å²) in [5, 5.41) is 21.8. The number of ether oxygens (including phenoxy) is 1. The summed E-state index contributed by atoms with van der Waals surface area (Å²) in [5.41, 5.74) is 4.75. The van der Waals surface area contributed by atoms with Crippen LogP contribution >= 0.6 is 0 Å². The van der Waals surface area contributed by atoms with E-state index in [1.807, 2.05) is 29.2 Å². The summed E-state index contributed by atoms with van der Waals surface area (Å²) in [5.74, 6) is -0.772. The lowest BCUT2D eigenvalue weighted by molar-refractivity contribution is -0.136. The number of imide groups is 1. The second-order valence-electron chi connectivity index (χ2n) is 12.0. The molecule has 46 heavy (non-hydrogen) atoms. The van der Waals surface area contributed by atoms with Crippen LogP contribution in [0.1, 0.15) is 69.8 Å². The average Bonchev–Trinajstić information content (AvgIpc) is 3.41. The summed E-state index contributed by atoms with van der Waals surface area (Å²) in [6, 6.07) is 17.1. The highest BCUT2D eigenvalue weighted by molar-refractivity contribution is 6.05. The Balaban J connectivity index is 1.12. The Morgan fingerprint density at radius 3 is 2.61 bits per heavy atom. The molecule has 9 nitrogen and oxygen atoms in total. The third-order valence-electron chi connectivity index (χ3n) is 9.46. The number of rotatable bonds is 9. The minimum absolute atomic E-state index is 0.0177. The van der Waals surface area contributed by atoms with Crippen LogP contribution in [0, 0.1) is 23.1 Å². The molecule has 0 bridgehead atoms. The molecule has 2 atom stereocenters. The third-order valence-corrected chi connectivity index (χ3v) is 9.46. The predicted octanol–water partition coefficient (Wildman–Crippen LogP) is 4.67. The van der Waals surface area contributed by atoms with Crippen molar-refractivity contribution in [2.24, 2.45) is 5.92 Å². The van der Waals surface area contributed by atoms with E-state index in [4.69, 9.17) is 10.00 Å². The Hall–Kier alpha value is -5.01. The van der Waals surface area contributed by atoms with Gasteiger partial charge in [-0.3, -0.25) is 19.7 Å². The molecule has 3 aliphatic rings. The van der Waals surface area contributed by atoms with Gasteiger partial charge in [-0.05, 0) is 72.2 Å². The van der Waals surface area contributed by atoms with Crippen LogP contribution in [-0.4, -0.2) is 53.5 Å². The van der Waals surface area contributed by atoms with Gasteiger partial charge in [0, 0.05) is 36.6 Å². The molecule has 3 amide bonds. The molecule has 10 heteroatoms. The quantitative estimate of drug-likeness (QED) is 0.333. The number of hydrogen-bond donors (Lipinski definition) is 2. The first kappa shape index (κ1) is 31.0. The molecule has 3 aliphatic heterocycles. The van der Waals surface area contributed by atoms with Crippen molar-refractivity contribution in [1.82, 2.24) is 10.2 Å². The van der Waals surface area contributed by atoms with Crippen molar-refractivity contribution in [3.05, 3.63) is 100 Å². The number of nitrogens with zero attached hydrogens (tertiary/aromatic N) is 3. The summed E-state index contributed by atoms with van der Waals surface area (Å²) in [7, 11) is 0. The van der Waals surface area contributed by atoms with Gasteiger partial charge in [-0.2, -0.15) is 5.26 Å². The average molecular weight is 623 g/mol. The van der Waals surface area contributed by atoms with Crippen LogP contribution in [0.25, 0.3) is 6.08 Å². The molecule has 3 heterocycles. The number of benzene rings is 3. The minimum Gasteiger partial charge on any atom is -0.489 e. The lowest BCUT2D eigenvalue weighted by Gasteiger charge is -2.37. The number of nitriles is 1. The zero-order valence-electron chi connectivity index (χ0n) is 25.4. The summed E-state index contributed by atoms with van der Waals surface area (Å²) in [6.07, 6.45) is 3.81. The fourth-order valence-corrected chi connectivity index (χ4v) is 6.92. The summed E-state index contributed by atoms with van der Waals surface area (Å²) in [6.45, 7) is 5.72. The number of amides is 3. The normalized spacial score (nSPS) is 19.0. The van der Waals surface area contributed by atoms with Gasteiger partial charge in [0.25, 0.3) is 5.91 Å². The molecule has 0 aliphatic carbocycles. The monoisotopic (exact) mass is 622 g/mol. The second kappa shape index (κ2) is 13.2. The number of fused-ring (bicyclic) bond motifs is 1. The molecule has 2 fully saturated rings. The first-order valence-corrected chi connectivity index (χ1v) is 15.5. The van der Waals surface area contributed by atoms with E-state index in [1.165, 1.54) is 11.0 Å². The van der Waals surface area contributed by atoms with Crippen molar-refractivity contribution in [3.8, 4) is 11.8 Å². The maximum Gasteiger partial charge on any atom is 0.255 e. The van der Waals surface area contributed by atoms with E-state index in [2.05, 4.69) is 11.9 Å². The Morgan fingerprint density at radius 1 is 1.11 bits per heavy atom. The molecule has 2 N–H and O–H groups in total. The van der Waals surface area contributed by atoms with Gasteiger partial charge in [-0.1, -0.05) is 36.9 Å². The van der Waals surface area contributed by atoms with Gasteiger partial charge in [-0.25, -0.2) is 4.39 Å². The van der Waals surface area contributed by atoms with Crippen molar-refractivity contribution >= 4 is 29.5 Å². The van der Waals surface area contributed by atoms with Gasteiger partial charge < -0.3 is 19.6 Å². The Bertz CT molecular complexity index is 1740. The minimum atomic E-state index is -0.700. The number of piperidine rings is 2. The van der Waals surface area contributed by atoms with E-state index in [1.54, 1.807) is 36.4 Å². The van der Waals surface area contributed by atoms with Gasteiger partial charge in [0.05, 0.1) is 30.5 Å². The van der Waals surface area contributed by atoms with Crippen LogP contribution in [0.5, 0.6) is 5.75 Å². The number of carbonyl (C=O) groups excluding carboxylic acids is 3. The largest absolute Gasteiger partial charge is 0.489 e. The second-order valence-corrected chi connectivity index (χ2v) is 12.0. The lowest BCUT2D eigenvalue weighted by atomic mass is 9.79. The molecule has 1 unspecified atom stereocenters. The maximum absolute atomic E-state index is 14.6. The van der Waals surface area contributed by atoms with Crippen LogP contribution in [0.4, 0.5) is 10.1 Å². The van der Waals surface area contributed by atoms with Crippen molar-refractivity contribution in [2.45, 2.75) is 50.8 Å². The molecule has 3 aromatic rings. The van der Waals surface area contributed by atoms with Gasteiger partial charge in [0.1, 0.15) is 24.2 Å². The zero-order chi connectivity index (χ0) is 32.4.